The molecule has 2 aromatic rings. The molecule has 0 spiro atoms. The molecule has 1 aliphatic heterocycles. The Morgan fingerprint density at radius 1 is 1.40 bits per heavy atom. The molecule has 0 radical (unpaired) electrons. The maximum Gasteiger partial charge on any atom is 0.256 e. The van der Waals surface area contributed by atoms with Crippen molar-refractivity contribution in [2.75, 3.05) is 39.5 Å². The van der Waals surface area contributed by atoms with E-state index in [1.165, 1.54) is 6.20 Å². The molecule has 1 amide bonds. The number of hydrogen-bond acceptors (Lipinski definition) is 6. The summed E-state index contributed by atoms with van der Waals surface area (Å²) in [5.41, 5.74) is 1.87. The van der Waals surface area contributed by atoms with Crippen molar-refractivity contribution in [1.29, 1.82) is 0 Å². The number of aromatic nitrogens is 3. The van der Waals surface area contributed by atoms with Crippen LogP contribution in [0.4, 0.5) is 0 Å². The van der Waals surface area contributed by atoms with Crippen LogP contribution in [0.1, 0.15) is 29.3 Å². The number of aliphatic hydroxyl groups excluding tert-OH is 1. The minimum Gasteiger partial charge on any atom is -0.396 e. The van der Waals surface area contributed by atoms with Gasteiger partial charge in [0, 0.05) is 44.7 Å². The largest absolute Gasteiger partial charge is 0.396 e. The lowest BCUT2D eigenvalue weighted by Gasteiger charge is -2.32. The molecule has 0 aliphatic carbocycles. The Bertz CT molecular complexity index is 711. The average Bonchev–Trinajstić information content (AvgIpc) is 3.06. The van der Waals surface area contributed by atoms with E-state index in [0.717, 1.165) is 38.3 Å². The van der Waals surface area contributed by atoms with E-state index in [2.05, 4.69) is 27.2 Å². The van der Waals surface area contributed by atoms with E-state index in [1.807, 2.05) is 0 Å². The molecule has 2 N–H and O–H groups in total. The van der Waals surface area contributed by atoms with Crippen LogP contribution >= 0.6 is 0 Å². The average molecular weight is 347 g/mol. The van der Waals surface area contributed by atoms with E-state index < -0.39 is 0 Å². The van der Waals surface area contributed by atoms with Crippen LogP contribution in [0.2, 0.25) is 0 Å². The van der Waals surface area contributed by atoms with E-state index in [1.54, 1.807) is 16.9 Å². The zero-order valence-electron chi connectivity index (χ0n) is 14.5. The van der Waals surface area contributed by atoms with Crippen molar-refractivity contribution >= 4 is 11.6 Å². The first kappa shape index (κ1) is 17.8. The summed E-state index contributed by atoms with van der Waals surface area (Å²) in [4.78, 5) is 19.1. The Morgan fingerprint density at radius 3 is 2.96 bits per heavy atom. The summed E-state index contributed by atoms with van der Waals surface area (Å²) in [7, 11) is 0. The van der Waals surface area contributed by atoms with Crippen LogP contribution in [0.5, 0.6) is 0 Å². The molecule has 1 atom stereocenters. The van der Waals surface area contributed by atoms with Crippen LogP contribution in [0.15, 0.2) is 18.6 Å². The van der Waals surface area contributed by atoms with Gasteiger partial charge < -0.3 is 15.2 Å². The van der Waals surface area contributed by atoms with Gasteiger partial charge in [0.2, 0.25) is 0 Å². The first-order chi connectivity index (χ1) is 12.2. The summed E-state index contributed by atoms with van der Waals surface area (Å²) in [5, 5.41) is 16.1. The van der Waals surface area contributed by atoms with E-state index in [0.29, 0.717) is 30.2 Å². The molecule has 2 aromatic heterocycles. The van der Waals surface area contributed by atoms with Gasteiger partial charge in [-0.25, -0.2) is 9.50 Å². The Labute approximate surface area is 146 Å². The normalized spacial score (nSPS) is 16.9. The number of aliphatic hydroxyl groups is 1. The first-order valence-corrected chi connectivity index (χ1v) is 8.72. The number of morpholine rings is 1. The molecule has 3 heterocycles. The van der Waals surface area contributed by atoms with Crippen molar-refractivity contribution in [2.24, 2.45) is 0 Å². The third-order valence-corrected chi connectivity index (χ3v) is 4.57. The monoisotopic (exact) mass is 347 g/mol. The molecule has 0 bridgehead atoms. The minimum absolute atomic E-state index is 0.0587. The molecule has 0 saturated carbocycles. The number of amides is 1. The second kappa shape index (κ2) is 8.37. The first-order valence-electron chi connectivity index (χ1n) is 8.72. The van der Waals surface area contributed by atoms with Crippen molar-refractivity contribution in [1.82, 2.24) is 24.8 Å². The molecule has 0 aromatic carbocycles. The topological polar surface area (TPSA) is 92.0 Å². The second-order valence-corrected chi connectivity index (χ2v) is 6.30. The van der Waals surface area contributed by atoms with Gasteiger partial charge in [-0.2, -0.15) is 5.10 Å². The third kappa shape index (κ3) is 4.33. The Balaban J connectivity index is 1.55. The van der Waals surface area contributed by atoms with Crippen LogP contribution in [0, 0.1) is 0 Å². The van der Waals surface area contributed by atoms with E-state index >= 15 is 0 Å². The van der Waals surface area contributed by atoms with Gasteiger partial charge >= 0.3 is 0 Å². The molecule has 3 rings (SSSR count). The van der Waals surface area contributed by atoms with Crippen molar-refractivity contribution in [3.8, 4) is 0 Å². The summed E-state index contributed by atoms with van der Waals surface area (Å²) in [6, 6.07) is 0.410. The molecule has 136 valence electrons. The number of hydrogen-bond donors (Lipinski definition) is 2. The SMILES string of the molecule is C[C@@H](CCNC(=O)c1cnn2cc(CCO)cnc12)N1CCOCC1. The molecule has 8 nitrogen and oxygen atoms in total. The van der Waals surface area contributed by atoms with Gasteiger partial charge in [-0.05, 0) is 25.3 Å². The lowest BCUT2D eigenvalue weighted by Crippen LogP contribution is -2.43. The predicted octanol–water partition coefficient (Wildman–Crippen LogP) is 0.105. The summed E-state index contributed by atoms with van der Waals surface area (Å²) < 4.78 is 6.94. The zero-order chi connectivity index (χ0) is 17.6. The van der Waals surface area contributed by atoms with Gasteiger partial charge in [0.1, 0.15) is 5.56 Å². The van der Waals surface area contributed by atoms with Gasteiger partial charge in [0.05, 0.1) is 19.4 Å². The fourth-order valence-corrected chi connectivity index (χ4v) is 3.02. The summed E-state index contributed by atoms with van der Waals surface area (Å²) in [6.45, 7) is 6.30. The summed E-state index contributed by atoms with van der Waals surface area (Å²) in [5.74, 6) is -0.161. The van der Waals surface area contributed by atoms with Crippen molar-refractivity contribution in [3.05, 3.63) is 29.7 Å². The van der Waals surface area contributed by atoms with Crippen molar-refractivity contribution in [3.63, 3.8) is 0 Å². The number of fused-ring (bicyclic) bond motifs is 1. The van der Waals surface area contributed by atoms with Crippen LogP contribution in [-0.4, -0.2) is 76.0 Å². The highest BCUT2D eigenvalue weighted by molar-refractivity contribution is 5.99. The highest BCUT2D eigenvalue weighted by Gasteiger charge is 2.18. The van der Waals surface area contributed by atoms with Gasteiger partial charge in [-0.3, -0.25) is 9.69 Å². The molecule has 0 unspecified atom stereocenters. The molecule has 25 heavy (non-hydrogen) atoms. The standard InChI is InChI=1S/C17H25N5O3/c1-13(21-5-8-25-9-6-21)2-4-18-17(24)15-11-20-22-12-14(3-7-23)10-19-16(15)22/h10-13,23H,2-9H2,1H3,(H,18,24)/t13-/m0/s1. The van der Waals surface area contributed by atoms with Crippen molar-refractivity contribution in [2.45, 2.75) is 25.8 Å². The van der Waals surface area contributed by atoms with E-state index in [-0.39, 0.29) is 12.5 Å². The van der Waals surface area contributed by atoms with Gasteiger partial charge in [-0.15, -0.1) is 0 Å². The van der Waals surface area contributed by atoms with E-state index in [9.17, 15) is 4.79 Å². The lowest BCUT2D eigenvalue weighted by molar-refractivity contribution is 0.0187. The molecular weight excluding hydrogens is 322 g/mol. The number of rotatable bonds is 7. The number of nitrogens with one attached hydrogen (secondary N) is 1. The number of ether oxygens (including phenoxy) is 1. The second-order valence-electron chi connectivity index (χ2n) is 6.30. The predicted molar refractivity (Wildman–Crippen MR) is 92.6 cm³/mol. The van der Waals surface area contributed by atoms with Gasteiger partial charge in [0.25, 0.3) is 5.91 Å². The molecule has 1 saturated heterocycles. The Morgan fingerprint density at radius 2 is 2.20 bits per heavy atom. The lowest BCUT2D eigenvalue weighted by atomic mass is 10.2. The fraction of sp³-hybridized carbons (Fsp3) is 0.588. The smallest absolute Gasteiger partial charge is 0.256 e. The number of carbonyl (C=O) groups is 1. The maximum absolute atomic E-state index is 12.4. The zero-order valence-corrected chi connectivity index (χ0v) is 14.5. The van der Waals surface area contributed by atoms with Crippen molar-refractivity contribution < 1.29 is 14.6 Å². The maximum atomic E-state index is 12.4. The van der Waals surface area contributed by atoms with Crippen LogP contribution in [0.25, 0.3) is 5.65 Å². The molecule has 1 aliphatic rings. The summed E-state index contributed by atoms with van der Waals surface area (Å²) in [6.07, 6.45) is 6.40. The number of carbonyl (C=O) groups excluding carboxylic acids is 1. The highest BCUT2D eigenvalue weighted by Crippen LogP contribution is 2.10. The van der Waals surface area contributed by atoms with Crippen LogP contribution in [0.3, 0.4) is 0 Å². The Kier molecular flexibility index (Phi) is 5.95. The van der Waals surface area contributed by atoms with Gasteiger partial charge in [0.15, 0.2) is 5.65 Å². The highest BCUT2D eigenvalue weighted by atomic mass is 16.5. The molecule has 8 heteroatoms. The van der Waals surface area contributed by atoms with Gasteiger partial charge in [-0.1, -0.05) is 0 Å². The summed E-state index contributed by atoms with van der Waals surface area (Å²) >= 11 is 0. The quantitative estimate of drug-likeness (QED) is 0.738. The number of nitrogens with zero attached hydrogens (tertiary/aromatic N) is 4. The molecular formula is C17H25N5O3. The molecule has 1 fully saturated rings. The fourth-order valence-electron chi connectivity index (χ4n) is 3.02. The van der Waals surface area contributed by atoms with Crippen LogP contribution < -0.4 is 5.32 Å². The van der Waals surface area contributed by atoms with Crippen LogP contribution in [-0.2, 0) is 11.2 Å². The minimum atomic E-state index is -0.161. The Hall–Kier alpha value is -2.03. The van der Waals surface area contributed by atoms with E-state index in [4.69, 9.17) is 9.84 Å². The third-order valence-electron chi connectivity index (χ3n) is 4.57.